The molecular weight excluding hydrogens is 316 g/mol. The second-order valence-corrected chi connectivity index (χ2v) is 6.92. The van der Waals surface area contributed by atoms with E-state index in [1.165, 1.54) is 6.92 Å². The lowest BCUT2D eigenvalue weighted by atomic mass is 9.80. The monoisotopic (exact) mass is 338 g/mol. The zero-order valence-electron chi connectivity index (χ0n) is 13.8. The van der Waals surface area contributed by atoms with Gasteiger partial charge in [0.1, 0.15) is 24.4 Å². The molecule has 0 radical (unpaired) electrons. The van der Waals surface area contributed by atoms with Crippen molar-refractivity contribution >= 4 is 11.9 Å². The maximum Gasteiger partial charge on any atom is 0.334 e. The quantitative estimate of drug-likeness (QED) is 0.205. The van der Waals surface area contributed by atoms with Crippen molar-refractivity contribution in [1.29, 1.82) is 0 Å². The number of epoxide rings is 1. The number of carbonyl (C=O) groups excluding carboxylic acids is 2. The number of carbonyl (C=O) groups is 2. The van der Waals surface area contributed by atoms with Crippen LogP contribution >= 0.6 is 0 Å². The van der Waals surface area contributed by atoms with Crippen molar-refractivity contribution in [3.63, 3.8) is 0 Å². The lowest BCUT2D eigenvalue weighted by Crippen LogP contribution is -2.39. The molecule has 0 unspecified atom stereocenters. The van der Waals surface area contributed by atoms with Gasteiger partial charge in [-0.3, -0.25) is 10.1 Å². The maximum absolute atomic E-state index is 12.0. The van der Waals surface area contributed by atoms with E-state index in [0.29, 0.717) is 18.4 Å². The van der Waals surface area contributed by atoms with Gasteiger partial charge in [0, 0.05) is 18.9 Å². The second kappa shape index (κ2) is 5.98. The topological polar surface area (TPSA) is 94.6 Å². The number of esters is 2. The fourth-order valence-corrected chi connectivity index (χ4v) is 3.76. The molecule has 1 aliphatic carbocycles. The van der Waals surface area contributed by atoms with Gasteiger partial charge in [-0.1, -0.05) is 13.2 Å². The van der Waals surface area contributed by atoms with Gasteiger partial charge in [0.25, 0.3) is 0 Å². The molecule has 0 bridgehead atoms. The van der Waals surface area contributed by atoms with Crippen LogP contribution in [0.5, 0.6) is 0 Å². The Balaban J connectivity index is 1.96. The van der Waals surface area contributed by atoms with E-state index in [1.54, 1.807) is 0 Å². The molecule has 2 aliphatic heterocycles. The first kappa shape index (κ1) is 17.1. The molecule has 1 N–H and O–H groups in total. The van der Waals surface area contributed by atoms with Gasteiger partial charge in [0.05, 0.1) is 11.5 Å². The van der Waals surface area contributed by atoms with Crippen LogP contribution in [0.1, 0.15) is 33.1 Å². The van der Waals surface area contributed by atoms with Crippen molar-refractivity contribution in [2.24, 2.45) is 5.92 Å². The summed E-state index contributed by atoms with van der Waals surface area (Å²) in [5, 5.41) is 9.17. The molecule has 7 nitrogen and oxygen atoms in total. The van der Waals surface area contributed by atoms with Crippen LogP contribution < -0.4 is 0 Å². The summed E-state index contributed by atoms with van der Waals surface area (Å²) in [5.74, 6) is -1.49. The van der Waals surface area contributed by atoms with Gasteiger partial charge in [0.15, 0.2) is 0 Å². The highest BCUT2D eigenvalue weighted by Crippen LogP contribution is 2.50. The molecule has 3 fully saturated rings. The average molecular weight is 338 g/mol. The molecule has 3 aliphatic rings. The van der Waals surface area contributed by atoms with E-state index in [0.717, 1.165) is 0 Å². The van der Waals surface area contributed by atoms with Crippen LogP contribution in [0.2, 0.25) is 0 Å². The van der Waals surface area contributed by atoms with E-state index in [-0.39, 0.29) is 18.1 Å². The smallest absolute Gasteiger partial charge is 0.334 e. The Morgan fingerprint density at radius 1 is 1.42 bits per heavy atom. The van der Waals surface area contributed by atoms with Crippen molar-refractivity contribution in [2.45, 2.75) is 63.1 Å². The third-order valence-electron chi connectivity index (χ3n) is 5.17. The maximum atomic E-state index is 12.0. The Morgan fingerprint density at radius 3 is 2.75 bits per heavy atom. The van der Waals surface area contributed by atoms with E-state index in [4.69, 9.17) is 19.5 Å². The van der Waals surface area contributed by atoms with Gasteiger partial charge >= 0.3 is 11.9 Å². The van der Waals surface area contributed by atoms with E-state index < -0.39 is 41.8 Å². The molecule has 2 heterocycles. The summed E-state index contributed by atoms with van der Waals surface area (Å²) < 4.78 is 16.7. The van der Waals surface area contributed by atoms with Crippen LogP contribution in [-0.2, 0) is 28.7 Å². The fourth-order valence-electron chi connectivity index (χ4n) is 3.76. The van der Waals surface area contributed by atoms with Crippen LogP contribution in [0.15, 0.2) is 24.3 Å². The summed E-state index contributed by atoms with van der Waals surface area (Å²) in [4.78, 5) is 28.1. The summed E-state index contributed by atoms with van der Waals surface area (Å²) in [6.07, 6.45) is -0.746. The van der Waals surface area contributed by atoms with E-state index >= 15 is 0 Å². The van der Waals surface area contributed by atoms with Gasteiger partial charge in [-0.2, -0.15) is 0 Å². The highest BCUT2D eigenvalue weighted by molar-refractivity contribution is 5.91. The molecule has 0 aromatic carbocycles. The van der Waals surface area contributed by atoms with Crippen molar-refractivity contribution in [3.05, 3.63) is 24.3 Å². The molecule has 132 valence electrons. The summed E-state index contributed by atoms with van der Waals surface area (Å²) >= 11 is 0. The minimum atomic E-state index is -0.678. The summed E-state index contributed by atoms with van der Waals surface area (Å²) in [6, 6.07) is 0. The third-order valence-corrected chi connectivity index (χ3v) is 5.17. The normalized spacial score (nSPS) is 42.0. The van der Waals surface area contributed by atoms with Crippen molar-refractivity contribution in [3.8, 4) is 0 Å². The number of rotatable bonds is 2. The minimum Gasteiger partial charge on any atom is -0.461 e. The predicted octanol–water partition coefficient (Wildman–Crippen LogP) is 1.77. The molecule has 0 amide bonds. The predicted molar refractivity (Wildman–Crippen MR) is 81.8 cm³/mol. The first-order valence-corrected chi connectivity index (χ1v) is 7.99. The van der Waals surface area contributed by atoms with Gasteiger partial charge in [-0.25, -0.2) is 9.68 Å². The molecule has 7 heteroatoms. The highest BCUT2D eigenvalue weighted by Gasteiger charge is 2.63. The van der Waals surface area contributed by atoms with Crippen molar-refractivity contribution in [1.82, 2.24) is 0 Å². The summed E-state index contributed by atoms with van der Waals surface area (Å²) in [5.41, 5.74) is 0.361. The van der Waals surface area contributed by atoms with Gasteiger partial charge in [0.2, 0.25) is 0 Å². The van der Waals surface area contributed by atoms with Crippen LogP contribution in [0.25, 0.3) is 0 Å². The Labute approximate surface area is 140 Å². The lowest BCUT2D eigenvalue weighted by molar-refractivity contribution is -0.271. The number of ether oxygens (including phenoxy) is 3. The van der Waals surface area contributed by atoms with Crippen LogP contribution in [0.4, 0.5) is 0 Å². The van der Waals surface area contributed by atoms with Gasteiger partial charge < -0.3 is 14.2 Å². The Bertz CT molecular complexity index is 598. The van der Waals surface area contributed by atoms with Crippen molar-refractivity contribution in [2.75, 3.05) is 0 Å². The molecule has 6 atom stereocenters. The zero-order valence-corrected chi connectivity index (χ0v) is 13.8. The standard InChI is InChI=1S/C17H22O7/c1-8-7-12(21-10(3)18)13-9(2)16(19)22-14(13)15-17(4,23-15)6-5-11(8)24-20/h11-15,20H,1-2,5-7H2,3-4H3/t11-,12-,13-,14+,15+,17-/m1/s1. The summed E-state index contributed by atoms with van der Waals surface area (Å²) in [7, 11) is 0. The van der Waals surface area contributed by atoms with Crippen LogP contribution in [0, 0.1) is 5.92 Å². The van der Waals surface area contributed by atoms with Gasteiger partial charge in [-0.05, 0) is 25.3 Å². The number of hydrogen-bond donors (Lipinski definition) is 1. The zero-order chi connectivity index (χ0) is 17.6. The second-order valence-electron chi connectivity index (χ2n) is 6.92. The molecule has 2 saturated heterocycles. The Kier molecular flexibility index (Phi) is 4.27. The molecule has 3 rings (SSSR count). The average Bonchev–Trinajstić information content (AvgIpc) is 3.07. The number of fused-ring (bicyclic) bond motifs is 3. The SMILES string of the molecule is C=C1C(=O)O[C@H]2[C@H]1[C@H](OC(C)=O)CC(=C)[C@H](OO)CC[C@@]1(C)O[C@@H]21. The molecule has 0 aromatic rings. The molecule has 1 saturated carbocycles. The van der Waals surface area contributed by atoms with Crippen LogP contribution in [-0.4, -0.2) is 47.2 Å². The third kappa shape index (κ3) is 2.87. The largest absolute Gasteiger partial charge is 0.461 e. The van der Waals surface area contributed by atoms with E-state index in [9.17, 15) is 9.59 Å². The first-order chi connectivity index (χ1) is 11.3. The van der Waals surface area contributed by atoms with E-state index in [1.807, 2.05) is 6.92 Å². The Hall–Kier alpha value is -1.70. The lowest BCUT2D eigenvalue weighted by Gasteiger charge is -2.30. The molecule has 0 aromatic heterocycles. The highest BCUT2D eigenvalue weighted by atomic mass is 17.1. The Morgan fingerprint density at radius 2 is 2.12 bits per heavy atom. The first-order valence-electron chi connectivity index (χ1n) is 7.99. The van der Waals surface area contributed by atoms with Crippen LogP contribution in [0.3, 0.4) is 0 Å². The minimum absolute atomic E-state index is 0.241. The summed E-state index contributed by atoms with van der Waals surface area (Å²) in [6.45, 7) is 11.0. The van der Waals surface area contributed by atoms with E-state index in [2.05, 4.69) is 18.0 Å². The molecule has 24 heavy (non-hydrogen) atoms. The molecular formula is C17H22O7. The number of hydrogen-bond acceptors (Lipinski definition) is 7. The fraction of sp³-hybridized carbons (Fsp3) is 0.647. The van der Waals surface area contributed by atoms with Crippen molar-refractivity contribution < 1.29 is 33.9 Å². The molecule has 0 spiro atoms. The van der Waals surface area contributed by atoms with Gasteiger partial charge in [-0.15, -0.1) is 0 Å².